The topological polar surface area (TPSA) is 87.8 Å². The summed E-state index contributed by atoms with van der Waals surface area (Å²) in [5.41, 5.74) is 1.28. The largest absolute Gasteiger partial charge is 0.461 e. The molecule has 158 valence electrons. The van der Waals surface area contributed by atoms with Crippen LogP contribution < -0.4 is 4.90 Å². The van der Waals surface area contributed by atoms with Crippen LogP contribution in [-0.2, 0) is 16.1 Å². The van der Waals surface area contributed by atoms with E-state index >= 15 is 0 Å². The zero-order chi connectivity index (χ0) is 21.2. The Balaban J connectivity index is 1.84. The SMILES string of the molecule is CCOC(=O)c1cc(N(C)C(C)CCN(CC)C(=O)OCc2ccccc2)n[nH]1. The lowest BCUT2D eigenvalue weighted by molar-refractivity contribution is 0.0519. The van der Waals surface area contributed by atoms with E-state index in [4.69, 9.17) is 9.47 Å². The van der Waals surface area contributed by atoms with E-state index in [0.29, 0.717) is 31.2 Å². The van der Waals surface area contributed by atoms with Gasteiger partial charge >= 0.3 is 12.1 Å². The van der Waals surface area contributed by atoms with Crippen LogP contribution in [0.1, 0.15) is 43.2 Å². The Labute approximate surface area is 171 Å². The van der Waals surface area contributed by atoms with Gasteiger partial charge in [-0.3, -0.25) is 5.10 Å². The number of aromatic amines is 1. The van der Waals surface area contributed by atoms with Crippen LogP contribution in [0.15, 0.2) is 36.4 Å². The van der Waals surface area contributed by atoms with Crippen LogP contribution in [-0.4, -0.2) is 59.9 Å². The minimum atomic E-state index is -0.425. The summed E-state index contributed by atoms with van der Waals surface area (Å²) < 4.78 is 10.4. The molecular formula is C21H30N4O4. The molecular weight excluding hydrogens is 372 g/mol. The highest BCUT2D eigenvalue weighted by molar-refractivity contribution is 5.88. The number of benzene rings is 1. The third kappa shape index (κ3) is 6.51. The minimum Gasteiger partial charge on any atom is -0.461 e. The van der Waals surface area contributed by atoms with Gasteiger partial charge in [0.2, 0.25) is 0 Å². The second-order valence-corrected chi connectivity index (χ2v) is 6.73. The van der Waals surface area contributed by atoms with Crippen molar-refractivity contribution >= 4 is 17.9 Å². The molecule has 0 bridgehead atoms. The molecule has 0 fully saturated rings. The van der Waals surface area contributed by atoms with Gasteiger partial charge in [-0.1, -0.05) is 30.3 Å². The molecule has 1 N–H and O–H groups in total. The molecule has 1 amide bonds. The van der Waals surface area contributed by atoms with Gasteiger partial charge < -0.3 is 19.3 Å². The van der Waals surface area contributed by atoms with E-state index < -0.39 is 5.97 Å². The first-order chi connectivity index (χ1) is 14.0. The molecule has 29 heavy (non-hydrogen) atoms. The van der Waals surface area contributed by atoms with Crippen molar-refractivity contribution in [3.8, 4) is 0 Å². The van der Waals surface area contributed by atoms with Gasteiger partial charge in [0.1, 0.15) is 12.3 Å². The van der Waals surface area contributed by atoms with Gasteiger partial charge in [-0.2, -0.15) is 5.10 Å². The number of H-pyrrole nitrogens is 1. The Kier molecular flexibility index (Phi) is 8.51. The first-order valence-corrected chi connectivity index (χ1v) is 9.87. The number of hydrogen-bond acceptors (Lipinski definition) is 6. The van der Waals surface area contributed by atoms with Gasteiger partial charge in [-0.05, 0) is 32.8 Å². The van der Waals surface area contributed by atoms with E-state index in [1.54, 1.807) is 17.9 Å². The van der Waals surface area contributed by atoms with Crippen molar-refractivity contribution < 1.29 is 19.1 Å². The number of carbonyl (C=O) groups is 2. The Morgan fingerprint density at radius 1 is 1.17 bits per heavy atom. The van der Waals surface area contributed by atoms with Crippen LogP contribution in [0, 0.1) is 0 Å². The van der Waals surface area contributed by atoms with Crippen molar-refractivity contribution in [2.24, 2.45) is 0 Å². The van der Waals surface area contributed by atoms with Crippen LogP contribution in [0.2, 0.25) is 0 Å². The normalized spacial score (nSPS) is 11.6. The molecule has 0 aliphatic rings. The number of aromatic nitrogens is 2. The Morgan fingerprint density at radius 3 is 2.55 bits per heavy atom. The van der Waals surface area contributed by atoms with E-state index in [-0.39, 0.29) is 18.7 Å². The number of nitrogens with one attached hydrogen (secondary N) is 1. The van der Waals surface area contributed by atoms with Gasteiger partial charge in [-0.15, -0.1) is 0 Å². The number of anilines is 1. The first-order valence-electron chi connectivity index (χ1n) is 9.87. The zero-order valence-electron chi connectivity index (χ0n) is 17.6. The summed E-state index contributed by atoms with van der Waals surface area (Å²) >= 11 is 0. The van der Waals surface area contributed by atoms with Crippen molar-refractivity contribution in [3.05, 3.63) is 47.7 Å². The van der Waals surface area contributed by atoms with Crippen LogP contribution in [0.3, 0.4) is 0 Å². The average molecular weight is 402 g/mol. The number of nitrogens with zero attached hydrogens (tertiary/aromatic N) is 3. The molecule has 0 saturated carbocycles. The van der Waals surface area contributed by atoms with Crippen LogP contribution in [0.25, 0.3) is 0 Å². The van der Waals surface area contributed by atoms with Crippen molar-refractivity contribution in [2.45, 2.75) is 39.8 Å². The number of amides is 1. The predicted octanol–water partition coefficient (Wildman–Crippen LogP) is 3.46. The number of ether oxygens (including phenoxy) is 2. The molecule has 8 heteroatoms. The molecule has 0 aliphatic carbocycles. The molecule has 8 nitrogen and oxygen atoms in total. The van der Waals surface area contributed by atoms with Gasteiger partial charge in [0, 0.05) is 32.2 Å². The second kappa shape index (κ2) is 11.1. The maximum absolute atomic E-state index is 12.4. The summed E-state index contributed by atoms with van der Waals surface area (Å²) in [6.45, 7) is 7.43. The highest BCUT2D eigenvalue weighted by Gasteiger charge is 2.19. The predicted molar refractivity (Wildman–Crippen MR) is 111 cm³/mol. The zero-order valence-corrected chi connectivity index (χ0v) is 17.6. The van der Waals surface area contributed by atoms with Crippen LogP contribution in [0.5, 0.6) is 0 Å². The lowest BCUT2D eigenvalue weighted by atomic mass is 10.2. The molecule has 0 saturated heterocycles. The van der Waals surface area contributed by atoms with Gasteiger partial charge in [0.05, 0.1) is 6.61 Å². The molecule has 2 aromatic rings. The number of rotatable bonds is 10. The number of esters is 1. The standard InChI is InChI=1S/C21H30N4O4/c1-5-25(21(27)29-15-17-10-8-7-9-11-17)13-12-16(3)24(4)19-14-18(22-23-19)20(26)28-6-2/h7-11,14,16H,5-6,12-13,15H2,1-4H3,(H,22,23). The molecule has 1 aromatic heterocycles. The molecule has 0 spiro atoms. The summed E-state index contributed by atoms with van der Waals surface area (Å²) in [5.74, 6) is 0.223. The third-order valence-electron chi connectivity index (χ3n) is 4.74. The van der Waals surface area contributed by atoms with Gasteiger partial charge in [0.25, 0.3) is 0 Å². The molecule has 1 aromatic carbocycles. The smallest absolute Gasteiger partial charge is 0.410 e. The lowest BCUT2D eigenvalue weighted by Gasteiger charge is -2.27. The summed E-state index contributed by atoms with van der Waals surface area (Å²) in [7, 11) is 1.90. The van der Waals surface area contributed by atoms with E-state index in [9.17, 15) is 9.59 Å². The monoisotopic (exact) mass is 402 g/mol. The molecule has 2 rings (SSSR count). The van der Waals surface area contributed by atoms with Gasteiger partial charge in [0.15, 0.2) is 5.82 Å². The fraction of sp³-hybridized carbons (Fsp3) is 0.476. The highest BCUT2D eigenvalue weighted by Crippen LogP contribution is 2.16. The summed E-state index contributed by atoms with van der Waals surface area (Å²) in [6, 6.07) is 11.4. The molecule has 1 unspecified atom stereocenters. The van der Waals surface area contributed by atoms with E-state index in [2.05, 4.69) is 10.2 Å². The van der Waals surface area contributed by atoms with Crippen molar-refractivity contribution in [1.82, 2.24) is 15.1 Å². The van der Waals surface area contributed by atoms with E-state index in [1.807, 2.05) is 56.1 Å². The minimum absolute atomic E-state index is 0.101. The Hall–Kier alpha value is -3.03. The maximum atomic E-state index is 12.4. The van der Waals surface area contributed by atoms with Gasteiger partial charge in [-0.25, -0.2) is 9.59 Å². The maximum Gasteiger partial charge on any atom is 0.410 e. The van der Waals surface area contributed by atoms with Crippen molar-refractivity contribution in [1.29, 1.82) is 0 Å². The van der Waals surface area contributed by atoms with E-state index in [1.165, 1.54) is 0 Å². The molecule has 1 heterocycles. The Morgan fingerprint density at radius 2 is 1.90 bits per heavy atom. The van der Waals surface area contributed by atoms with Crippen LogP contribution >= 0.6 is 0 Å². The lowest BCUT2D eigenvalue weighted by Crippen LogP contribution is -2.37. The first kappa shape index (κ1) is 22.3. The second-order valence-electron chi connectivity index (χ2n) is 6.73. The average Bonchev–Trinajstić information content (AvgIpc) is 3.23. The molecule has 0 aliphatic heterocycles. The summed E-state index contributed by atoms with van der Waals surface area (Å²) in [5, 5.41) is 6.88. The van der Waals surface area contributed by atoms with Crippen molar-refractivity contribution in [2.75, 3.05) is 31.6 Å². The fourth-order valence-electron chi connectivity index (χ4n) is 2.76. The number of carbonyl (C=O) groups excluding carboxylic acids is 2. The van der Waals surface area contributed by atoms with Crippen LogP contribution in [0.4, 0.5) is 10.6 Å². The molecule has 1 atom stereocenters. The van der Waals surface area contributed by atoms with Crippen molar-refractivity contribution in [3.63, 3.8) is 0 Å². The fourth-order valence-corrected chi connectivity index (χ4v) is 2.76. The summed E-state index contributed by atoms with van der Waals surface area (Å²) in [4.78, 5) is 27.8. The quantitative estimate of drug-likeness (QED) is 0.613. The third-order valence-corrected chi connectivity index (χ3v) is 4.74. The molecule has 0 radical (unpaired) electrons. The van der Waals surface area contributed by atoms with E-state index in [0.717, 1.165) is 12.0 Å². The number of hydrogen-bond donors (Lipinski definition) is 1. The summed E-state index contributed by atoms with van der Waals surface area (Å²) in [6.07, 6.45) is 0.405. The Bertz CT molecular complexity index is 778. The highest BCUT2D eigenvalue weighted by atomic mass is 16.6.